The standard InChI is InChI=1S/C14H20F2N2O/c1-10(2)19-13-9-11(17)3-4-12(13)18-7-5-14(15,16)6-8-18/h3-4,9-10H,5-8,17H2,1-2H3. The van der Waals surface area contributed by atoms with Crippen LogP contribution in [0.1, 0.15) is 26.7 Å². The topological polar surface area (TPSA) is 38.5 Å². The van der Waals surface area contributed by atoms with E-state index in [1.807, 2.05) is 24.8 Å². The zero-order valence-corrected chi connectivity index (χ0v) is 11.3. The highest BCUT2D eigenvalue weighted by Crippen LogP contribution is 2.36. The van der Waals surface area contributed by atoms with Gasteiger partial charge in [-0.1, -0.05) is 0 Å². The highest BCUT2D eigenvalue weighted by Gasteiger charge is 2.34. The molecule has 0 atom stereocenters. The number of benzene rings is 1. The summed E-state index contributed by atoms with van der Waals surface area (Å²) in [4.78, 5) is 1.94. The van der Waals surface area contributed by atoms with Gasteiger partial charge < -0.3 is 15.4 Å². The van der Waals surface area contributed by atoms with E-state index in [0.717, 1.165) is 5.69 Å². The van der Waals surface area contributed by atoms with Crippen LogP contribution < -0.4 is 15.4 Å². The van der Waals surface area contributed by atoms with Gasteiger partial charge in [0.2, 0.25) is 0 Å². The molecule has 0 bridgehead atoms. The zero-order valence-electron chi connectivity index (χ0n) is 11.3. The second-order valence-corrected chi connectivity index (χ2v) is 5.24. The summed E-state index contributed by atoms with van der Waals surface area (Å²) in [5.41, 5.74) is 7.22. The molecule has 1 aliphatic heterocycles. The number of nitrogen functional groups attached to an aromatic ring is 1. The maximum Gasteiger partial charge on any atom is 0.251 e. The molecule has 3 nitrogen and oxygen atoms in total. The number of rotatable bonds is 3. The lowest BCUT2D eigenvalue weighted by Gasteiger charge is -2.34. The van der Waals surface area contributed by atoms with Crippen molar-refractivity contribution in [3.05, 3.63) is 18.2 Å². The first kappa shape index (κ1) is 13.9. The molecule has 2 rings (SSSR count). The molecule has 0 aliphatic carbocycles. The van der Waals surface area contributed by atoms with E-state index in [1.165, 1.54) is 0 Å². The highest BCUT2D eigenvalue weighted by molar-refractivity contribution is 5.64. The highest BCUT2D eigenvalue weighted by atomic mass is 19.3. The largest absolute Gasteiger partial charge is 0.489 e. The second-order valence-electron chi connectivity index (χ2n) is 5.24. The molecule has 0 spiro atoms. The van der Waals surface area contributed by atoms with Gasteiger partial charge in [0.05, 0.1) is 11.8 Å². The van der Waals surface area contributed by atoms with Crippen LogP contribution >= 0.6 is 0 Å². The molecule has 0 radical (unpaired) electrons. The van der Waals surface area contributed by atoms with Crippen LogP contribution in [0.3, 0.4) is 0 Å². The number of hydrogen-bond acceptors (Lipinski definition) is 3. The number of nitrogens with two attached hydrogens (primary N) is 1. The van der Waals surface area contributed by atoms with Crippen molar-refractivity contribution in [2.75, 3.05) is 23.7 Å². The molecule has 1 heterocycles. The number of alkyl halides is 2. The van der Waals surface area contributed by atoms with Gasteiger partial charge in [-0.25, -0.2) is 8.78 Å². The first-order valence-corrected chi connectivity index (χ1v) is 6.56. The molecule has 1 fully saturated rings. The summed E-state index contributed by atoms with van der Waals surface area (Å²) < 4.78 is 32.1. The Hall–Kier alpha value is -1.52. The quantitative estimate of drug-likeness (QED) is 0.856. The van der Waals surface area contributed by atoms with Crippen LogP contribution in [0.4, 0.5) is 20.2 Å². The van der Waals surface area contributed by atoms with Crippen LogP contribution in [0.15, 0.2) is 18.2 Å². The summed E-state index contributed by atoms with van der Waals surface area (Å²) in [6.45, 7) is 4.53. The zero-order chi connectivity index (χ0) is 14.0. The molecule has 1 saturated heterocycles. The third-order valence-corrected chi connectivity index (χ3v) is 3.18. The van der Waals surface area contributed by atoms with Crippen molar-refractivity contribution in [2.45, 2.75) is 38.7 Å². The molecule has 0 unspecified atom stereocenters. The Morgan fingerprint density at radius 3 is 2.47 bits per heavy atom. The minimum absolute atomic E-state index is 0.0202. The number of anilines is 2. The summed E-state index contributed by atoms with van der Waals surface area (Å²) in [5.74, 6) is -1.87. The summed E-state index contributed by atoms with van der Waals surface area (Å²) in [6, 6.07) is 5.37. The lowest BCUT2D eigenvalue weighted by atomic mass is 10.1. The molecular formula is C14H20F2N2O. The molecule has 0 aromatic heterocycles. The summed E-state index contributed by atoms with van der Waals surface area (Å²) in [6.07, 6.45) is -0.205. The van der Waals surface area contributed by atoms with Crippen LogP contribution in [-0.4, -0.2) is 25.1 Å². The Bertz CT molecular complexity index is 439. The minimum Gasteiger partial charge on any atom is -0.489 e. The number of nitrogens with zero attached hydrogens (tertiary/aromatic N) is 1. The lowest BCUT2D eigenvalue weighted by molar-refractivity contribution is -0.0221. The maximum atomic E-state index is 13.2. The molecule has 1 aromatic rings. The van der Waals surface area contributed by atoms with E-state index < -0.39 is 5.92 Å². The Balaban J connectivity index is 2.20. The number of ether oxygens (including phenoxy) is 1. The fourth-order valence-electron chi connectivity index (χ4n) is 2.22. The van der Waals surface area contributed by atoms with Crippen molar-refractivity contribution < 1.29 is 13.5 Å². The Morgan fingerprint density at radius 1 is 1.26 bits per heavy atom. The fraction of sp³-hybridized carbons (Fsp3) is 0.571. The number of hydrogen-bond donors (Lipinski definition) is 1. The van der Waals surface area contributed by atoms with Gasteiger partial charge in [-0.2, -0.15) is 0 Å². The summed E-state index contributed by atoms with van der Waals surface area (Å²) in [7, 11) is 0. The van der Waals surface area contributed by atoms with E-state index in [9.17, 15) is 8.78 Å². The molecule has 1 aliphatic rings. The summed E-state index contributed by atoms with van der Waals surface area (Å²) >= 11 is 0. The van der Waals surface area contributed by atoms with E-state index in [0.29, 0.717) is 24.5 Å². The molecule has 0 amide bonds. The predicted octanol–water partition coefficient (Wildman–Crippen LogP) is 3.29. The molecule has 19 heavy (non-hydrogen) atoms. The maximum absolute atomic E-state index is 13.2. The predicted molar refractivity (Wildman–Crippen MR) is 73.0 cm³/mol. The first-order valence-electron chi connectivity index (χ1n) is 6.56. The molecule has 106 valence electrons. The average Bonchev–Trinajstić information content (AvgIpc) is 2.29. The van der Waals surface area contributed by atoms with Crippen molar-refractivity contribution in [2.24, 2.45) is 0 Å². The van der Waals surface area contributed by atoms with Crippen molar-refractivity contribution in [1.29, 1.82) is 0 Å². The second kappa shape index (κ2) is 5.23. The SMILES string of the molecule is CC(C)Oc1cc(N)ccc1N1CCC(F)(F)CC1. The van der Waals surface area contributed by atoms with Crippen molar-refractivity contribution in [1.82, 2.24) is 0 Å². The Morgan fingerprint density at radius 2 is 1.89 bits per heavy atom. The van der Waals surface area contributed by atoms with Crippen LogP contribution in [0.2, 0.25) is 0 Å². The van der Waals surface area contributed by atoms with Crippen LogP contribution in [0.5, 0.6) is 5.75 Å². The van der Waals surface area contributed by atoms with Crippen LogP contribution in [-0.2, 0) is 0 Å². The van der Waals surface area contributed by atoms with Gasteiger partial charge in [0.15, 0.2) is 0 Å². The lowest BCUT2D eigenvalue weighted by Crippen LogP contribution is -2.39. The van der Waals surface area contributed by atoms with Crippen molar-refractivity contribution >= 4 is 11.4 Å². The Kier molecular flexibility index (Phi) is 3.83. The van der Waals surface area contributed by atoms with Gasteiger partial charge >= 0.3 is 0 Å². The average molecular weight is 270 g/mol. The number of piperidine rings is 1. The first-order chi connectivity index (χ1) is 8.87. The van der Waals surface area contributed by atoms with Gasteiger partial charge in [-0.3, -0.25) is 0 Å². The normalized spacial score (nSPS) is 18.7. The van der Waals surface area contributed by atoms with E-state index >= 15 is 0 Å². The number of halogens is 2. The molecule has 2 N–H and O–H groups in total. The minimum atomic E-state index is -2.54. The van der Waals surface area contributed by atoms with Crippen LogP contribution in [0, 0.1) is 0 Å². The van der Waals surface area contributed by atoms with E-state index in [-0.39, 0.29) is 18.9 Å². The van der Waals surface area contributed by atoms with Crippen molar-refractivity contribution in [3.63, 3.8) is 0 Å². The van der Waals surface area contributed by atoms with E-state index in [4.69, 9.17) is 10.5 Å². The van der Waals surface area contributed by atoms with E-state index in [1.54, 1.807) is 12.1 Å². The molecular weight excluding hydrogens is 250 g/mol. The van der Waals surface area contributed by atoms with Crippen molar-refractivity contribution in [3.8, 4) is 5.75 Å². The van der Waals surface area contributed by atoms with E-state index in [2.05, 4.69) is 0 Å². The fourth-order valence-corrected chi connectivity index (χ4v) is 2.22. The van der Waals surface area contributed by atoms with Gasteiger partial charge in [0.1, 0.15) is 5.75 Å². The van der Waals surface area contributed by atoms with Gasteiger partial charge in [-0.15, -0.1) is 0 Å². The summed E-state index contributed by atoms with van der Waals surface area (Å²) in [5, 5.41) is 0. The Labute approximate surface area is 112 Å². The van der Waals surface area contributed by atoms with Gasteiger partial charge in [-0.05, 0) is 26.0 Å². The molecule has 1 aromatic carbocycles. The third kappa shape index (κ3) is 3.49. The van der Waals surface area contributed by atoms with Gasteiger partial charge in [0, 0.05) is 37.7 Å². The van der Waals surface area contributed by atoms with Crippen LogP contribution in [0.25, 0.3) is 0 Å². The monoisotopic (exact) mass is 270 g/mol. The smallest absolute Gasteiger partial charge is 0.251 e. The molecule has 5 heteroatoms. The molecule has 0 saturated carbocycles. The van der Waals surface area contributed by atoms with Gasteiger partial charge in [0.25, 0.3) is 5.92 Å². The third-order valence-electron chi connectivity index (χ3n) is 3.18.